The van der Waals surface area contributed by atoms with Crippen LogP contribution in [0, 0.1) is 0 Å². The number of amides is 1. The van der Waals surface area contributed by atoms with Crippen molar-refractivity contribution in [2.24, 2.45) is 0 Å². The molecule has 2 aromatic carbocycles. The number of carbonyl (C=O) groups excluding carboxylic acids is 2. The van der Waals surface area contributed by atoms with E-state index in [1.54, 1.807) is 4.90 Å². The summed E-state index contributed by atoms with van der Waals surface area (Å²) >= 11 is 0. The van der Waals surface area contributed by atoms with Crippen molar-refractivity contribution in [2.45, 2.75) is 26.2 Å². The lowest BCUT2D eigenvalue weighted by Gasteiger charge is -2.17. The highest BCUT2D eigenvalue weighted by Gasteiger charge is 2.24. The van der Waals surface area contributed by atoms with Gasteiger partial charge in [-0.1, -0.05) is 44.2 Å². The fraction of sp³-hybridized carbons (Fsp3) is 0.333. The van der Waals surface area contributed by atoms with E-state index in [0.29, 0.717) is 18.2 Å². The Morgan fingerprint density at radius 2 is 1.77 bits per heavy atom. The predicted molar refractivity (Wildman–Crippen MR) is 99.5 cm³/mol. The van der Waals surface area contributed by atoms with Gasteiger partial charge < -0.3 is 14.4 Å². The van der Waals surface area contributed by atoms with E-state index in [2.05, 4.69) is 13.8 Å². The van der Waals surface area contributed by atoms with E-state index in [1.807, 2.05) is 48.5 Å². The maximum absolute atomic E-state index is 12.3. The van der Waals surface area contributed by atoms with E-state index >= 15 is 0 Å². The second-order valence-corrected chi connectivity index (χ2v) is 6.60. The molecule has 0 saturated heterocycles. The molecule has 0 spiro atoms. The average Bonchev–Trinajstić information content (AvgIpc) is 3.09. The van der Waals surface area contributed by atoms with Gasteiger partial charge in [-0.05, 0) is 41.7 Å². The standard InChI is InChI=1S/C21H23NO4/c1-15(2)16-7-9-18(10-8-16)25-14-21(24)26-13-20(23)22-12-11-17-5-3-4-6-19(17)22/h3-10,15H,11-14H2,1-2H3. The number of nitrogens with zero attached hydrogens (tertiary/aromatic N) is 1. The number of benzene rings is 2. The first-order valence-electron chi connectivity index (χ1n) is 8.81. The fourth-order valence-corrected chi connectivity index (χ4v) is 2.95. The van der Waals surface area contributed by atoms with Crippen molar-refractivity contribution in [3.63, 3.8) is 0 Å². The average molecular weight is 353 g/mol. The van der Waals surface area contributed by atoms with Crippen LogP contribution < -0.4 is 9.64 Å². The highest BCUT2D eigenvalue weighted by atomic mass is 16.6. The van der Waals surface area contributed by atoms with Crippen LogP contribution in [0.2, 0.25) is 0 Å². The molecule has 0 aromatic heterocycles. The Bertz CT molecular complexity index is 783. The predicted octanol–water partition coefficient (Wildman–Crippen LogP) is 3.32. The molecule has 0 bridgehead atoms. The zero-order valence-corrected chi connectivity index (χ0v) is 15.1. The van der Waals surface area contributed by atoms with Crippen LogP contribution in [0.1, 0.15) is 30.9 Å². The number of fused-ring (bicyclic) bond motifs is 1. The summed E-state index contributed by atoms with van der Waals surface area (Å²) in [6.45, 7) is 4.36. The van der Waals surface area contributed by atoms with E-state index in [0.717, 1.165) is 17.7 Å². The van der Waals surface area contributed by atoms with Crippen LogP contribution in [0.4, 0.5) is 5.69 Å². The van der Waals surface area contributed by atoms with Crippen molar-refractivity contribution in [1.82, 2.24) is 0 Å². The Morgan fingerprint density at radius 3 is 2.50 bits per heavy atom. The van der Waals surface area contributed by atoms with Gasteiger partial charge in [0.05, 0.1) is 0 Å². The molecule has 3 rings (SSSR count). The van der Waals surface area contributed by atoms with Gasteiger partial charge >= 0.3 is 5.97 Å². The molecule has 1 aliphatic rings. The second kappa shape index (κ2) is 8.04. The number of hydrogen-bond acceptors (Lipinski definition) is 4. The maximum Gasteiger partial charge on any atom is 0.344 e. The van der Waals surface area contributed by atoms with Crippen molar-refractivity contribution < 1.29 is 19.1 Å². The molecule has 26 heavy (non-hydrogen) atoms. The van der Waals surface area contributed by atoms with Gasteiger partial charge in [0.1, 0.15) is 5.75 Å². The molecule has 5 nitrogen and oxygen atoms in total. The van der Waals surface area contributed by atoms with Crippen molar-refractivity contribution in [3.8, 4) is 5.75 Å². The van der Waals surface area contributed by atoms with E-state index in [1.165, 1.54) is 5.56 Å². The van der Waals surface area contributed by atoms with E-state index in [9.17, 15) is 9.59 Å². The molecule has 0 atom stereocenters. The minimum Gasteiger partial charge on any atom is -0.482 e. The molecule has 2 aromatic rings. The number of carbonyl (C=O) groups is 2. The molecule has 1 amide bonds. The van der Waals surface area contributed by atoms with Gasteiger partial charge in [0.15, 0.2) is 13.2 Å². The third-order valence-electron chi connectivity index (χ3n) is 4.45. The number of anilines is 1. The van der Waals surface area contributed by atoms with Crippen LogP contribution in [0.25, 0.3) is 0 Å². The van der Waals surface area contributed by atoms with Crippen LogP contribution in [-0.2, 0) is 20.7 Å². The summed E-state index contributed by atoms with van der Waals surface area (Å²) in [5.74, 6) is 0.269. The van der Waals surface area contributed by atoms with Crippen LogP contribution in [0.5, 0.6) is 5.75 Å². The van der Waals surface area contributed by atoms with E-state index < -0.39 is 5.97 Å². The van der Waals surface area contributed by atoms with Crippen molar-refractivity contribution in [2.75, 3.05) is 24.7 Å². The zero-order chi connectivity index (χ0) is 18.5. The molecule has 5 heteroatoms. The van der Waals surface area contributed by atoms with Gasteiger partial charge in [-0.25, -0.2) is 4.79 Å². The van der Waals surface area contributed by atoms with Crippen LogP contribution in [0.15, 0.2) is 48.5 Å². The summed E-state index contributed by atoms with van der Waals surface area (Å²) < 4.78 is 10.5. The SMILES string of the molecule is CC(C)c1ccc(OCC(=O)OCC(=O)N2CCc3ccccc32)cc1. The molecule has 136 valence electrons. The van der Waals surface area contributed by atoms with Gasteiger partial charge in [0.2, 0.25) is 0 Å². The highest BCUT2D eigenvalue weighted by Crippen LogP contribution is 2.27. The van der Waals surface area contributed by atoms with Gasteiger partial charge in [0.25, 0.3) is 5.91 Å². The second-order valence-electron chi connectivity index (χ2n) is 6.60. The Labute approximate surface area is 153 Å². The van der Waals surface area contributed by atoms with Crippen molar-refractivity contribution in [3.05, 3.63) is 59.7 Å². The van der Waals surface area contributed by atoms with Gasteiger partial charge in [-0.2, -0.15) is 0 Å². The highest BCUT2D eigenvalue weighted by molar-refractivity contribution is 5.97. The monoisotopic (exact) mass is 353 g/mol. The third kappa shape index (κ3) is 4.23. The Hall–Kier alpha value is -2.82. The number of rotatable bonds is 6. The number of hydrogen-bond donors (Lipinski definition) is 0. The molecule has 1 heterocycles. The Kier molecular flexibility index (Phi) is 5.56. The summed E-state index contributed by atoms with van der Waals surface area (Å²) in [5, 5.41) is 0. The summed E-state index contributed by atoms with van der Waals surface area (Å²) in [6.07, 6.45) is 0.825. The van der Waals surface area contributed by atoms with Gasteiger partial charge in [-0.15, -0.1) is 0 Å². The van der Waals surface area contributed by atoms with Gasteiger partial charge in [-0.3, -0.25) is 4.79 Å². The molecular formula is C21H23NO4. The van der Waals surface area contributed by atoms with Crippen LogP contribution in [-0.4, -0.2) is 31.6 Å². The molecule has 0 radical (unpaired) electrons. The number of esters is 1. The Balaban J connectivity index is 1.45. The first kappa shape index (κ1) is 18.0. The minimum absolute atomic E-state index is 0.217. The van der Waals surface area contributed by atoms with Crippen LogP contribution >= 0.6 is 0 Å². The first-order valence-corrected chi connectivity index (χ1v) is 8.81. The topological polar surface area (TPSA) is 55.8 Å². The fourth-order valence-electron chi connectivity index (χ4n) is 2.95. The summed E-state index contributed by atoms with van der Waals surface area (Å²) in [7, 11) is 0. The summed E-state index contributed by atoms with van der Waals surface area (Å²) in [5.41, 5.74) is 3.24. The maximum atomic E-state index is 12.3. The molecule has 1 aliphatic heterocycles. The summed E-state index contributed by atoms with van der Waals surface area (Å²) in [6, 6.07) is 15.4. The lowest BCUT2D eigenvalue weighted by molar-refractivity contribution is -0.149. The van der Waals surface area contributed by atoms with E-state index in [4.69, 9.17) is 9.47 Å². The summed E-state index contributed by atoms with van der Waals surface area (Å²) in [4.78, 5) is 25.8. The lowest BCUT2D eigenvalue weighted by atomic mass is 10.0. The quantitative estimate of drug-likeness (QED) is 0.748. The third-order valence-corrected chi connectivity index (χ3v) is 4.45. The smallest absolute Gasteiger partial charge is 0.344 e. The minimum atomic E-state index is -0.557. The van der Waals surface area contributed by atoms with Crippen molar-refractivity contribution >= 4 is 17.6 Å². The largest absolute Gasteiger partial charge is 0.482 e. The molecule has 0 saturated carbocycles. The zero-order valence-electron chi connectivity index (χ0n) is 15.1. The Morgan fingerprint density at radius 1 is 1.04 bits per heavy atom. The molecule has 0 unspecified atom stereocenters. The number of ether oxygens (including phenoxy) is 2. The molecular weight excluding hydrogens is 330 g/mol. The molecule has 0 fully saturated rings. The first-order chi connectivity index (χ1) is 12.5. The van der Waals surface area contributed by atoms with Crippen molar-refractivity contribution in [1.29, 1.82) is 0 Å². The lowest BCUT2D eigenvalue weighted by Crippen LogP contribution is -2.33. The molecule has 0 aliphatic carbocycles. The van der Waals surface area contributed by atoms with Crippen LogP contribution in [0.3, 0.4) is 0 Å². The normalized spacial score (nSPS) is 12.8. The van der Waals surface area contributed by atoms with E-state index in [-0.39, 0.29) is 19.1 Å². The van der Waals surface area contributed by atoms with Gasteiger partial charge in [0, 0.05) is 12.2 Å². The molecule has 0 N–H and O–H groups in total. The number of para-hydroxylation sites is 1.